The molecule has 0 amide bonds. The molecule has 336 valence electrons. The van der Waals surface area contributed by atoms with E-state index in [1.165, 1.54) is 10.4 Å². The Balaban J connectivity index is 1.06. The van der Waals surface area contributed by atoms with E-state index in [0.29, 0.717) is 23.2 Å². The van der Waals surface area contributed by atoms with Crippen molar-refractivity contribution >= 4 is 78.0 Å². The molecular weight excluding hydrogens is 893 g/mol. The summed E-state index contributed by atoms with van der Waals surface area (Å²) in [7, 11) is -3.07. The van der Waals surface area contributed by atoms with Crippen molar-refractivity contribution in [3.63, 3.8) is 0 Å². The van der Waals surface area contributed by atoms with Crippen molar-refractivity contribution in [3.8, 4) is 56.4 Å². The van der Waals surface area contributed by atoms with Crippen molar-refractivity contribution in [3.05, 3.63) is 266 Å². The summed E-state index contributed by atoms with van der Waals surface area (Å²) in [5.74, 6) is 1.71. The van der Waals surface area contributed by atoms with Gasteiger partial charge in [0.1, 0.15) is 11.2 Å². The maximum atomic E-state index is 8.07. The Morgan fingerprint density at radius 3 is 1.61 bits per heavy atom. The minimum atomic E-state index is -3.07. The van der Waals surface area contributed by atoms with Crippen molar-refractivity contribution in [1.29, 1.82) is 0 Å². The Hall–Kier alpha value is -9.54. The molecule has 0 saturated heterocycles. The highest BCUT2D eigenvalue weighted by atomic mass is 28.3. The average molecular weight is 935 g/mol. The van der Waals surface area contributed by atoms with E-state index >= 15 is 0 Å². The van der Waals surface area contributed by atoms with E-state index in [2.05, 4.69) is 235 Å². The molecule has 13 rings (SSSR count). The topological polar surface area (TPSA) is 56.2 Å². The van der Waals surface area contributed by atoms with Crippen LogP contribution in [0.2, 0.25) is 0 Å². The van der Waals surface area contributed by atoms with Gasteiger partial charge in [-0.1, -0.05) is 230 Å². The molecule has 0 aliphatic heterocycles. The van der Waals surface area contributed by atoms with Crippen LogP contribution >= 0.6 is 0 Å². The summed E-state index contributed by atoms with van der Waals surface area (Å²) in [4.78, 5) is 20.3. The number of rotatable bonds is 9. The van der Waals surface area contributed by atoms with Crippen LogP contribution in [0.25, 0.3) is 105 Å². The lowest BCUT2D eigenvalue weighted by atomic mass is 9.94. The molecule has 0 bridgehead atoms. The zero-order valence-corrected chi connectivity index (χ0v) is 39.9. The molecule has 6 heteroatoms. The molecule has 2 heterocycles. The number of fused-ring (bicyclic) bond motifs is 5. The third kappa shape index (κ3) is 7.27. The lowest BCUT2D eigenvalue weighted by Crippen LogP contribution is -2.74. The third-order valence-electron chi connectivity index (χ3n) is 14.1. The Morgan fingerprint density at radius 1 is 0.319 bits per heavy atom. The maximum absolute atomic E-state index is 8.07. The number of hydrogen-bond donors (Lipinski definition) is 0. The summed E-state index contributed by atoms with van der Waals surface area (Å²) in [6, 6.07) is 89.6. The zero-order chi connectivity index (χ0) is 48.0. The van der Waals surface area contributed by atoms with Gasteiger partial charge in [0, 0.05) is 27.5 Å². The molecule has 11 aromatic carbocycles. The highest BCUT2D eigenvalue weighted by Crippen LogP contribution is 2.39. The number of nitrogens with zero attached hydrogens (tertiary/aromatic N) is 4. The molecule has 0 aliphatic carbocycles. The predicted molar refractivity (Wildman–Crippen MR) is 299 cm³/mol. The van der Waals surface area contributed by atoms with E-state index in [4.69, 9.17) is 25.9 Å². The van der Waals surface area contributed by atoms with Crippen molar-refractivity contribution in [2.75, 3.05) is 0 Å². The van der Waals surface area contributed by atoms with Crippen LogP contribution in [0.4, 0.5) is 5.69 Å². The Morgan fingerprint density at radius 2 is 0.861 bits per heavy atom. The highest BCUT2D eigenvalue weighted by Gasteiger charge is 2.41. The highest BCUT2D eigenvalue weighted by molar-refractivity contribution is 7.20. The van der Waals surface area contributed by atoms with Gasteiger partial charge in [0.25, 0.3) is 0 Å². The molecule has 2 aromatic heterocycles. The monoisotopic (exact) mass is 934 g/mol. The fourth-order valence-electron chi connectivity index (χ4n) is 10.8. The van der Waals surface area contributed by atoms with Crippen molar-refractivity contribution < 1.29 is 4.42 Å². The number of para-hydroxylation sites is 1. The van der Waals surface area contributed by atoms with Gasteiger partial charge in [-0.15, -0.1) is 0 Å². The van der Waals surface area contributed by atoms with Gasteiger partial charge < -0.3 is 4.42 Å². The summed E-state index contributed by atoms with van der Waals surface area (Å²) in [5.41, 5.74) is 9.41. The zero-order valence-electron chi connectivity index (χ0n) is 38.9. The average Bonchev–Trinajstić information content (AvgIpc) is 3.84. The summed E-state index contributed by atoms with van der Waals surface area (Å²) >= 11 is 0. The van der Waals surface area contributed by atoms with Crippen LogP contribution < -0.4 is 20.7 Å². The lowest BCUT2D eigenvalue weighted by Gasteiger charge is -2.35. The van der Waals surface area contributed by atoms with Crippen LogP contribution in [0.3, 0.4) is 0 Å². The van der Waals surface area contributed by atoms with Crippen LogP contribution in [0.1, 0.15) is 0 Å². The fraction of sp³-hybridized carbons (Fsp3) is 0. The third-order valence-corrected chi connectivity index (χ3v) is 18.8. The van der Waals surface area contributed by atoms with E-state index in [1.54, 1.807) is 0 Å². The van der Waals surface area contributed by atoms with Crippen molar-refractivity contribution in [1.82, 2.24) is 15.0 Å². The first kappa shape index (κ1) is 42.6. The van der Waals surface area contributed by atoms with Crippen LogP contribution in [-0.4, -0.2) is 23.0 Å². The molecule has 0 radical (unpaired) electrons. The molecule has 0 atom stereocenters. The molecule has 72 heavy (non-hydrogen) atoms. The molecule has 0 spiro atoms. The first-order valence-corrected chi connectivity index (χ1v) is 26.1. The summed E-state index contributed by atoms with van der Waals surface area (Å²) in [5, 5.41) is 11.2. The molecule has 5 nitrogen and oxygen atoms in total. The SMILES string of the molecule is [C-]#[N+]c1cccc([Si](c2ccccc2)(c2ccccc2)c2cccc(-c3nc(-c4cc(-c5ccc6oc7ccccc7c6c5)c5ccccc5c4)nc(-c4cccc5c(-c6ccccc6)cccc45)n3)c2)c1. The van der Waals surface area contributed by atoms with E-state index in [9.17, 15) is 0 Å². The van der Waals surface area contributed by atoms with Gasteiger partial charge in [-0.25, -0.2) is 19.8 Å². The molecule has 0 fully saturated rings. The smallest absolute Gasteiger partial charge is 0.187 e. The molecule has 0 aliphatic rings. The molecule has 0 saturated carbocycles. The number of benzene rings is 11. The van der Waals surface area contributed by atoms with E-state index in [0.717, 1.165) is 92.8 Å². The first-order valence-electron chi connectivity index (χ1n) is 24.1. The molecular formula is C66H42N4OSi. The number of aromatic nitrogens is 3. The van der Waals surface area contributed by atoms with E-state index in [1.807, 2.05) is 24.3 Å². The molecule has 13 aromatic rings. The molecule has 0 N–H and O–H groups in total. The number of hydrogen-bond acceptors (Lipinski definition) is 4. The normalized spacial score (nSPS) is 11.6. The van der Waals surface area contributed by atoms with Gasteiger partial charge in [-0.2, -0.15) is 0 Å². The van der Waals surface area contributed by atoms with Crippen molar-refractivity contribution in [2.24, 2.45) is 0 Å². The van der Waals surface area contributed by atoms with Gasteiger partial charge in [0.15, 0.2) is 31.2 Å². The second-order valence-electron chi connectivity index (χ2n) is 18.2. The minimum absolute atomic E-state index is 0.563. The van der Waals surface area contributed by atoms with Gasteiger partial charge >= 0.3 is 0 Å². The summed E-state index contributed by atoms with van der Waals surface area (Å²) in [6.45, 7) is 8.07. The lowest BCUT2D eigenvalue weighted by molar-refractivity contribution is 0.669. The second-order valence-corrected chi connectivity index (χ2v) is 22.0. The Bertz CT molecular complexity index is 4200. The second kappa shape index (κ2) is 17.8. The largest absolute Gasteiger partial charge is 0.456 e. The standard InChI is InChI=1S/C66H42N4OSi/c1-67-49-23-16-29-53(43-49)72(50-24-7-3-8-25-50,51-26-9-4-10-27-51)52-28-15-22-47(40-52)64-68-65(70-66(69-64)59-35-18-33-56-54(32-17-34-57(56)59)44-19-5-2-6-20-44)48-39-45-21-11-12-30-55(45)60(42-48)46-37-38-63-61(41-46)58-31-13-14-36-62(58)71-63/h2-43H. The van der Waals surface area contributed by atoms with Gasteiger partial charge in [-0.3, -0.25) is 0 Å². The van der Waals surface area contributed by atoms with Crippen LogP contribution in [0.15, 0.2) is 259 Å². The summed E-state index contributed by atoms with van der Waals surface area (Å²) in [6.07, 6.45) is 0. The first-order chi connectivity index (χ1) is 35.6. The van der Waals surface area contributed by atoms with Crippen molar-refractivity contribution in [2.45, 2.75) is 0 Å². The fourth-order valence-corrected chi connectivity index (χ4v) is 15.6. The van der Waals surface area contributed by atoms with Gasteiger partial charge in [-0.05, 0) is 89.7 Å². The quantitative estimate of drug-likeness (QED) is 0.0822. The molecule has 0 unspecified atom stereocenters. The van der Waals surface area contributed by atoms with Crippen LogP contribution in [-0.2, 0) is 0 Å². The summed E-state index contributed by atoms with van der Waals surface area (Å²) < 4.78 is 6.28. The Kier molecular flexibility index (Phi) is 10.5. The van der Waals surface area contributed by atoms with E-state index in [-0.39, 0.29) is 0 Å². The minimum Gasteiger partial charge on any atom is -0.456 e. The van der Waals surface area contributed by atoms with Crippen LogP contribution in [0, 0.1) is 6.57 Å². The predicted octanol–water partition coefficient (Wildman–Crippen LogP) is 14.3. The Labute approximate surface area is 417 Å². The van der Waals surface area contributed by atoms with Gasteiger partial charge in [0.2, 0.25) is 0 Å². The van der Waals surface area contributed by atoms with Crippen LogP contribution in [0.5, 0.6) is 0 Å². The number of furan rings is 1. The van der Waals surface area contributed by atoms with E-state index < -0.39 is 8.07 Å². The van der Waals surface area contributed by atoms with Gasteiger partial charge in [0.05, 0.1) is 6.57 Å². The maximum Gasteiger partial charge on any atom is 0.187 e.